The first-order valence-electron chi connectivity index (χ1n) is 12.4. The van der Waals surface area contributed by atoms with Gasteiger partial charge in [0.2, 0.25) is 15.6 Å². The number of pyridine rings is 1. The third-order valence-electron chi connectivity index (χ3n) is 6.53. The van der Waals surface area contributed by atoms with Gasteiger partial charge < -0.3 is 15.2 Å². The van der Waals surface area contributed by atoms with Crippen molar-refractivity contribution in [2.45, 2.75) is 57.8 Å². The molecule has 1 fully saturated rings. The number of nitrogens with zero attached hydrogens (tertiary/aromatic N) is 2. The van der Waals surface area contributed by atoms with E-state index in [-0.39, 0.29) is 16.4 Å². The quantitative estimate of drug-likeness (QED) is 0.471. The second-order valence-electron chi connectivity index (χ2n) is 9.26. The van der Waals surface area contributed by atoms with Gasteiger partial charge in [-0.15, -0.1) is 0 Å². The maximum Gasteiger partial charge on any atom is 0.252 e. The number of amides is 1. The molecule has 1 atom stereocenters. The average Bonchev–Trinajstić information content (AvgIpc) is 2.82. The van der Waals surface area contributed by atoms with Gasteiger partial charge in [-0.1, -0.05) is 27.2 Å². The highest BCUT2D eigenvalue weighted by Gasteiger charge is 2.29. The first-order valence-corrected chi connectivity index (χ1v) is 13.9. The molecule has 1 saturated heterocycles. The smallest absolute Gasteiger partial charge is 0.252 e. The number of sulfonamides is 1. The van der Waals surface area contributed by atoms with Gasteiger partial charge in [-0.05, 0) is 69.4 Å². The number of fused-ring (bicyclic) bond motifs is 1. The second kappa shape index (κ2) is 12.0. The Balaban J connectivity index is 1.78. The van der Waals surface area contributed by atoms with E-state index in [1.165, 1.54) is 22.5 Å². The molecule has 0 spiro atoms. The van der Waals surface area contributed by atoms with E-state index in [9.17, 15) is 18.0 Å². The molecule has 188 valence electrons. The number of benzene rings is 1. The third kappa shape index (κ3) is 6.46. The molecular formula is C25H38N4O4S. The highest BCUT2D eigenvalue weighted by molar-refractivity contribution is 7.89. The van der Waals surface area contributed by atoms with E-state index in [0.29, 0.717) is 36.5 Å². The molecule has 2 aromatic rings. The Morgan fingerprint density at radius 1 is 1.21 bits per heavy atom. The van der Waals surface area contributed by atoms with Crippen LogP contribution in [0.25, 0.3) is 10.9 Å². The zero-order chi connectivity index (χ0) is 24.7. The lowest BCUT2D eigenvalue weighted by atomic mass is 10.0. The predicted molar refractivity (Wildman–Crippen MR) is 136 cm³/mol. The van der Waals surface area contributed by atoms with Crippen LogP contribution < -0.4 is 10.9 Å². The molecule has 3 rings (SSSR count). The molecule has 1 aromatic heterocycles. The highest BCUT2D eigenvalue weighted by atomic mass is 32.2. The minimum absolute atomic E-state index is 0.143. The van der Waals surface area contributed by atoms with Gasteiger partial charge in [0.1, 0.15) is 0 Å². The number of carbonyl (C=O) groups is 1. The first-order chi connectivity index (χ1) is 16.3. The minimum Gasteiger partial charge on any atom is -0.352 e. The summed E-state index contributed by atoms with van der Waals surface area (Å²) in [6.07, 6.45) is 4.96. The molecule has 2 heterocycles. The zero-order valence-electron chi connectivity index (χ0n) is 20.6. The lowest BCUT2D eigenvalue weighted by molar-refractivity contribution is 0.0953. The largest absolute Gasteiger partial charge is 0.352 e. The van der Waals surface area contributed by atoms with Crippen LogP contribution in [0, 0.1) is 5.92 Å². The summed E-state index contributed by atoms with van der Waals surface area (Å²) in [5, 5.41) is 3.33. The summed E-state index contributed by atoms with van der Waals surface area (Å²) in [6.45, 7) is 10.7. The number of rotatable bonds is 11. The van der Waals surface area contributed by atoms with Crippen molar-refractivity contribution in [3.05, 3.63) is 40.2 Å². The Labute approximate surface area is 202 Å². The van der Waals surface area contributed by atoms with Gasteiger partial charge in [-0.25, -0.2) is 8.42 Å². The molecule has 9 heteroatoms. The van der Waals surface area contributed by atoms with Crippen molar-refractivity contribution in [2.24, 2.45) is 5.92 Å². The minimum atomic E-state index is -3.68. The average molecular weight is 491 g/mol. The lowest BCUT2D eigenvalue weighted by Gasteiger charge is -2.30. The number of carbonyl (C=O) groups excluding carboxylic acids is 1. The molecule has 0 unspecified atom stereocenters. The summed E-state index contributed by atoms with van der Waals surface area (Å²) >= 11 is 0. The summed E-state index contributed by atoms with van der Waals surface area (Å²) in [5.41, 5.74) is 0.247. The Hall–Kier alpha value is -2.23. The van der Waals surface area contributed by atoms with Gasteiger partial charge in [0, 0.05) is 36.6 Å². The summed E-state index contributed by atoms with van der Waals surface area (Å²) in [7, 11) is -3.68. The van der Waals surface area contributed by atoms with Crippen LogP contribution in [0.3, 0.4) is 0 Å². The predicted octanol–water partition coefficient (Wildman–Crippen LogP) is 3.19. The van der Waals surface area contributed by atoms with Crippen LogP contribution in [0.5, 0.6) is 0 Å². The molecule has 2 N–H and O–H groups in total. The number of H-pyrrole nitrogens is 1. The fourth-order valence-electron chi connectivity index (χ4n) is 4.50. The van der Waals surface area contributed by atoms with Crippen molar-refractivity contribution >= 4 is 26.8 Å². The summed E-state index contributed by atoms with van der Waals surface area (Å²) in [5.74, 6) is -0.0545. The molecule has 0 radical (unpaired) electrons. The van der Waals surface area contributed by atoms with Crippen LogP contribution in [-0.2, 0) is 10.0 Å². The van der Waals surface area contributed by atoms with E-state index in [1.54, 1.807) is 6.07 Å². The van der Waals surface area contributed by atoms with E-state index >= 15 is 0 Å². The van der Waals surface area contributed by atoms with Crippen molar-refractivity contribution in [3.63, 3.8) is 0 Å². The van der Waals surface area contributed by atoms with Gasteiger partial charge in [0.15, 0.2) is 0 Å². The number of nitrogens with one attached hydrogen (secondary N) is 2. The van der Waals surface area contributed by atoms with Crippen LogP contribution in [0.2, 0.25) is 0 Å². The van der Waals surface area contributed by atoms with E-state index in [0.717, 1.165) is 51.7 Å². The summed E-state index contributed by atoms with van der Waals surface area (Å²) < 4.78 is 28.0. The number of hydrogen-bond acceptors (Lipinski definition) is 5. The van der Waals surface area contributed by atoms with Crippen molar-refractivity contribution in [3.8, 4) is 0 Å². The normalized spacial score (nSPS) is 17.4. The van der Waals surface area contributed by atoms with Crippen LogP contribution in [0.4, 0.5) is 0 Å². The van der Waals surface area contributed by atoms with Gasteiger partial charge in [-0.2, -0.15) is 4.31 Å². The van der Waals surface area contributed by atoms with Crippen molar-refractivity contribution in [1.82, 2.24) is 19.5 Å². The molecule has 34 heavy (non-hydrogen) atoms. The topological polar surface area (TPSA) is 103 Å². The number of aromatic amines is 1. The van der Waals surface area contributed by atoms with Gasteiger partial charge in [-0.3, -0.25) is 9.59 Å². The molecule has 8 nitrogen and oxygen atoms in total. The number of unbranched alkanes of at least 4 members (excludes halogenated alkanes) is 1. The zero-order valence-corrected chi connectivity index (χ0v) is 21.4. The van der Waals surface area contributed by atoms with E-state index in [4.69, 9.17) is 0 Å². The number of hydrogen-bond donors (Lipinski definition) is 2. The van der Waals surface area contributed by atoms with E-state index in [1.807, 2.05) is 0 Å². The summed E-state index contributed by atoms with van der Waals surface area (Å²) in [4.78, 5) is 30.3. The second-order valence-corrected chi connectivity index (χ2v) is 11.2. The molecule has 0 aliphatic carbocycles. The van der Waals surface area contributed by atoms with Gasteiger partial charge in [0.05, 0.1) is 10.5 Å². The first kappa shape index (κ1) is 26.4. The van der Waals surface area contributed by atoms with Crippen molar-refractivity contribution in [2.75, 3.05) is 39.3 Å². The van der Waals surface area contributed by atoms with Crippen LogP contribution >= 0.6 is 0 Å². The number of aromatic nitrogens is 1. The molecule has 1 aliphatic heterocycles. The van der Waals surface area contributed by atoms with E-state index in [2.05, 4.69) is 36.0 Å². The molecule has 1 aromatic carbocycles. The molecule has 1 amide bonds. The Morgan fingerprint density at radius 3 is 2.68 bits per heavy atom. The van der Waals surface area contributed by atoms with Crippen molar-refractivity contribution in [1.29, 1.82) is 0 Å². The monoisotopic (exact) mass is 490 g/mol. The van der Waals surface area contributed by atoms with Crippen molar-refractivity contribution < 1.29 is 13.2 Å². The number of piperidine rings is 1. The summed E-state index contributed by atoms with van der Waals surface area (Å²) in [6, 6.07) is 5.83. The Kier molecular flexibility index (Phi) is 9.27. The molecular weight excluding hydrogens is 452 g/mol. The van der Waals surface area contributed by atoms with Crippen LogP contribution in [-0.4, -0.2) is 67.8 Å². The molecule has 0 bridgehead atoms. The fourth-order valence-corrected chi connectivity index (χ4v) is 6.13. The van der Waals surface area contributed by atoms with Crippen LogP contribution in [0.1, 0.15) is 63.2 Å². The van der Waals surface area contributed by atoms with E-state index < -0.39 is 15.6 Å². The SMILES string of the molecule is CCCCN(CC)CCCNC(=O)c1cc(=O)[nH]c2ccc(S(=O)(=O)N3CCC[C@H](C)C3)cc12. The molecule has 0 saturated carbocycles. The highest BCUT2D eigenvalue weighted by Crippen LogP contribution is 2.26. The van der Waals surface area contributed by atoms with Crippen LogP contribution in [0.15, 0.2) is 34.0 Å². The van der Waals surface area contributed by atoms with Gasteiger partial charge >= 0.3 is 0 Å². The lowest BCUT2D eigenvalue weighted by Crippen LogP contribution is -2.39. The Morgan fingerprint density at radius 2 is 1.97 bits per heavy atom. The van der Waals surface area contributed by atoms with Gasteiger partial charge in [0.25, 0.3) is 5.91 Å². The maximum atomic E-state index is 13.3. The Bertz CT molecular complexity index is 1150. The maximum absolute atomic E-state index is 13.3. The molecule has 1 aliphatic rings. The third-order valence-corrected chi connectivity index (χ3v) is 8.39. The fraction of sp³-hybridized carbons (Fsp3) is 0.600. The standard InChI is InChI=1S/C25H38N4O4S/c1-4-6-13-28(5-2)14-8-12-26-25(31)22-17-24(30)27-23-11-10-20(16-21(22)23)34(32,33)29-15-7-9-19(3)18-29/h10-11,16-17,19H,4-9,12-15,18H2,1-3H3,(H,26,31)(H,27,30)/t19-/m0/s1.